The lowest BCUT2D eigenvalue weighted by Crippen LogP contribution is -2.17. The Balaban J connectivity index is 2.07. The smallest absolute Gasteiger partial charge is 0.272 e. The van der Waals surface area contributed by atoms with E-state index in [1.54, 1.807) is 19.2 Å². The molecule has 1 amide bonds. The number of amides is 1. The molecule has 21 heavy (non-hydrogen) atoms. The van der Waals surface area contributed by atoms with Gasteiger partial charge in [0.1, 0.15) is 5.75 Å². The van der Waals surface area contributed by atoms with Gasteiger partial charge in [-0.1, -0.05) is 15.9 Å². The molecule has 1 aromatic heterocycles. The second-order valence-electron chi connectivity index (χ2n) is 4.27. The molecule has 2 rings (SSSR count). The number of methoxy groups -OCH3 is 1. The first-order valence-electron chi connectivity index (χ1n) is 6.20. The Labute approximate surface area is 131 Å². The molecule has 1 heterocycles. The third-order valence-corrected chi connectivity index (χ3v) is 3.23. The molecule has 0 aliphatic heterocycles. The molecule has 2 aromatic rings. The summed E-state index contributed by atoms with van der Waals surface area (Å²) in [4.78, 5) is 15.9. The number of nitrogens with zero attached hydrogens (tertiary/aromatic N) is 2. The van der Waals surface area contributed by atoms with Gasteiger partial charge in [0.25, 0.3) is 5.91 Å². The number of carbonyl (C=O) groups is 1. The third-order valence-electron chi connectivity index (χ3n) is 2.74. The number of hydrogen-bond acceptors (Lipinski definition) is 4. The Morgan fingerprint density at radius 1 is 1.38 bits per heavy atom. The zero-order valence-corrected chi connectivity index (χ0v) is 13.2. The number of hydrazone groups is 1. The summed E-state index contributed by atoms with van der Waals surface area (Å²) in [7, 11) is 1.58. The molecular formula is C15H14BrN3O2. The number of pyridine rings is 1. The summed E-state index contributed by atoms with van der Waals surface area (Å²) in [6.45, 7) is 1.86. The minimum Gasteiger partial charge on any atom is -0.496 e. The zero-order chi connectivity index (χ0) is 15.2. The van der Waals surface area contributed by atoms with E-state index in [0.717, 1.165) is 15.7 Å². The molecule has 0 aliphatic carbocycles. The predicted octanol–water partition coefficient (Wildman–Crippen LogP) is 2.93. The average molecular weight is 348 g/mol. The van der Waals surface area contributed by atoms with E-state index in [1.807, 2.05) is 25.1 Å². The number of halogens is 1. The third kappa shape index (κ3) is 4.13. The van der Waals surface area contributed by atoms with Crippen LogP contribution in [0.25, 0.3) is 0 Å². The second-order valence-corrected chi connectivity index (χ2v) is 5.19. The highest BCUT2D eigenvalue weighted by Gasteiger charge is 2.04. The van der Waals surface area contributed by atoms with Crippen molar-refractivity contribution >= 4 is 28.1 Å². The Morgan fingerprint density at radius 2 is 2.19 bits per heavy atom. The van der Waals surface area contributed by atoms with Crippen molar-refractivity contribution in [3.8, 4) is 5.75 Å². The van der Waals surface area contributed by atoms with Crippen LogP contribution in [0, 0.1) is 6.92 Å². The Bertz CT molecular complexity index is 669. The molecule has 108 valence electrons. The molecule has 6 heteroatoms. The van der Waals surface area contributed by atoms with E-state index >= 15 is 0 Å². The van der Waals surface area contributed by atoms with Gasteiger partial charge in [-0.05, 0) is 37.3 Å². The number of hydrogen-bond donors (Lipinski definition) is 1. The summed E-state index contributed by atoms with van der Waals surface area (Å²) in [5.41, 5.74) is 4.53. The van der Waals surface area contributed by atoms with E-state index in [1.165, 1.54) is 12.4 Å². The van der Waals surface area contributed by atoms with Crippen LogP contribution in [0.1, 0.15) is 21.6 Å². The van der Waals surface area contributed by atoms with Gasteiger partial charge in [-0.3, -0.25) is 9.78 Å². The van der Waals surface area contributed by atoms with Crippen LogP contribution >= 0.6 is 15.9 Å². The number of aromatic nitrogens is 1. The van der Waals surface area contributed by atoms with Gasteiger partial charge in [-0.25, -0.2) is 5.43 Å². The summed E-state index contributed by atoms with van der Waals surface area (Å²) >= 11 is 3.38. The van der Waals surface area contributed by atoms with Crippen LogP contribution in [0.3, 0.4) is 0 Å². The Hall–Kier alpha value is -2.21. The standard InChI is InChI=1S/C15H14BrN3O2/c1-10-3-4-11(8-17-10)15(20)19-18-9-12-7-13(16)5-6-14(12)21-2/h3-9H,1-2H3,(H,19,20). The maximum atomic E-state index is 11.9. The summed E-state index contributed by atoms with van der Waals surface area (Å²) in [5.74, 6) is 0.362. The van der Waals surface area contributed by atoms with Crippen molar-refractivity contribution in [1.29, 1.82) is 0 Å². The molecule has 0 unspecified atom stereocenters. The van der Waals surface area contributed by atoms with Crippen molar-refractivity contribution in [3.05, 3.63) is 57.8 Å². The van der Waals surface area contributed by atoms with E-state index in [0.29, 0.717) is 11.3 Å². The SMILES string of the molecule is COc1ccc(Br)cc1C=NNC(=O)c1ccc(C)nc1. The van der Waals surface area contributed by atoms with Crippen molar-refractivity contribution in [1.82, 2.24) is 10.4 Å². The summed E-state index contributed by atoms with van der Waals surface area (Å²) < 4.78 is 6.12. The molecule has 1 N–H and O–H groups in total. The van der Waals surface area contributed by atoms with Gasteiger partial charge in [-0.15, -0.1) is 0 Å². The molecule has 0 aliphatic rings. The highest BCUT2D eigenvalue weighted by atomic mass is 79.9. The molecule has 0 spiro atoms. The fourth-order valence-electron chi connectivity index (χ4n) is 1.63. The van der Waals surface area contributed by atoms with Crippen LogP contribution in [0.5, 0.6) is 5.75 Å². The molecule has 0 radical (unpaired) electrons. The number of nitrogens with one attached hydrogen (secondary N) is 1. The van der Waals surface area contributed by atoms with Gasteiger partial charge in [-0.2, -0.15) is 5.10 Å². The van der Waals surface area contributed by atoms with E-state index in [2.05, 4.69) is 31.4 Å². The van der Waals surface area contributed by atoms with E-state index in [9.17, 15) is 4.79 Å². The highest BCUT2D eigenvalue weighted by molar-refractivity contribution is 9.10. The van der Waals surface area contributed by atoms with E-state index < -0.39 is 0 Å². The van der Waals surface area contributed by atoms with Crippen LogP contribution in [0.4, 0.5) is 0 Å². The topological polar surface area (TPSA) is 63.6 Å². The maximum Gasteiger partial charge on any atom is 0.272 e. The monoisotopic (exact) mass is 347 g/mol. The van der Waals surface area contributed by atoms with Crippen molar-refractivity contribution in [2.45, 2.75) is 6.92 Å². The van der Waals surface area contributed by atoms with Crippen molar-refractivity contribution in [2.24, 2.45) is 5.10 Å². The molecule has 0 fully saturated rings. The second kappa shape index (κ2) is 6.99. The molecule has 0 saturated carbocycles. The molecule has 5 nitrogen and oxygen atoms in total. The van der Waals surface area contributed by atoms with Crippen LogP contribution < -0.4 is 10.2 Å². The Kier molecular flexibility index (Phi) is 5.05. The lowest BCUT2D eigenvalue weighted by atomic mass is 10.2. The lowest BCUT2D eigenvalue weighted by molar-refractivity contribution is 0.0955. The molecular weight excluding hydrogens is 334 g/mol. The molecule has 0 atom stereocenters. The first-order chi connectivity index (χ1) is 10.1. The fourth-order valence-corrected chi connectivity index (χ4v) is 2.01. The van der Waals surface area contributed by atoms with Crippen molar-refractivity contribution < 1.29 is 9.53 Å². The van der Waals surface area contributed by atoms with Gasteiger partial charge in [0.2, 0.25) is 0 Å². The molecule has 0 bridgehead atoms. The molecule has 0 saturated heterocycles. The minimum atomic E-state index is -0.312. The van der Waals surface area contributed by atoms with Gasteiger partial charge in [0, 0.05) is 21.9 Å². The Morgan fingerprint density at radius 3 is 2.86 bits per heavy atom. The van der Waals surface area contributed by atoms with Crippen molar-refractivity contribution in [3.63, 3.8) is 0 Å². The van der Waals surface area contributed by atoms with Gasteiger partial charge in [0.05, 0.1) is 18.9 Å². The van der Waals surface area contributed by atoms with Gasteiger partial charge in [0.15, 0.2) is 0 Å². The first-order valence-corrected chi connectivity index (χ1v) is 6.99. The number of benzene rings is 1. The number of aryl methyl sites for hydroxylation is 1. The summed E-state index contributed by atoms with van der Waals surface area (Å²) in [6.07, 6.45) is 3.04. The average Bonchev–Trinajstić information content (AvgIpc) is 2.48. The fraction of sp³-hybridized carbons (Fsp3) is 0.133. The van der Waals surface area contributed by atoms with Crippen molar-refractivity contribution in [2.75, 3.05) is 7.11 Å². The lowest BCUT2D eigenvalue weighted by Gasteiger charge is -2.04. The van der Waals surface area contributed by atoms with Gasteiger partial charge >= 0.3 is 0 Å². The largest absolute Gasteiger partial charge is 0.496 e. The van der Waals surface area contributed by atoms with Crippen LogP contribution in [-0.4, -0.2) is 24.2 Å². The predicted molar refractivity (Wildman–Crippen MR) is 84.7 cm³/mol. The minimum absolute atomic E-state index is 0.312. The van der Waals surface area contributed by atoms with Gasteiger partial charge < -0.3 is 4.74 Å². The number of ether oxygens (including phenoxy) is 1. The quantitative estimate of drug-likeness (QED) is 0.683. The number of carbonyl (C=O) groups excluding carboxylic acids is 1. The van der Waals surface area contributed by atoms with Crippen LogP contribution in [0.15, 0.2) is 46.1 Å². The van der Waals surface area contributed by atoms with E-state index in [-0.39, 0.29) is 5.91 Å². The summed E-state index contributed by atoms with van der Waals surface area (Å²) in [5, 5.41) is 3.94. The zero-order valence-electron chi connectivity index (χ0n) is 11.6. The number of rotatable bonds is 4. The van der Waals surface area contributed by atoms with E-state index in [4.69, 9.17) is 4.74 Å². The van der Waals surface area contributed by atoms with Crippen LogP contribution in [0.2, 0.25) is 0 Å². The normalized spacial score (nSPS) is 10.6. The van der Waals surface area contributed by atoms with Crippen LogP contribution in [-0.2, 0) is 0 Å². The highest BCUT2D eigenvalue weighted by Crippen LogP contribution is 2.21. The summed E-state index contributed by atoms with van der Waals surface area (Å²) in [6, 6.07) is 9.01. The molecule has 1 aromatic carbocycles. The maximum absolute atomic E-state index is 11.9. The first kappa shape index (κ1) is 15.2.